The summed E-state index contributed by atoms with van der Waals surface area (Å²) in [5, 5.41) is 14.9. The van der Waals surface area contributed by atoms with Gasteiger partial charge >= 0.3 is 5.97 Å². The van der Waals surface area contributed by atoms with Gasteiger partial charge < -0.3 is 15.7 Å². The summed E-state index contributed by atoms with van der Waals surface area (Å²) >= 11 is 0. The minimum absolute atomic E-state index is 0.111. The second-order valence-corrected chi connectivity index (χ2v) is 5.28. The van der Waals surface area contributed by atoms with Crippen LogP contribution in [-0.2, 0) is 9.59 Å². The van der Waals surface area contributed by atoms with Gasteiger partial charge in [-0.05, 0) is 25.3 Å². The van der Waals surface area contributed by atoms with Gasteiger partial charge in [-0.2, -0.15) is 0 Å². The maximum Gasteiger partial charge on any atom is 0.326 e. The van der Waals surface area contributed by atoms with Crippen LogP contribution in [0.2, 0.25) is 0 Å². The molecular formula is C13H24N2O3. The summed E-state index contributed by atoms with van der Waals surface area (Å²) in [6.45, 7) is 4.42. The molecule has 0 spiro atoms. The molecule has 1 fully saturated rings. The Hall–Kier alpha value is -1.10. The molecule has 0 aliphatic carbocycles. The lowest BCUT2D eigenvalue weighted by Crippen LogP contribution is -2.52. The zero-order valence-corrected chi connectivity index (χ0v) is 11.2. The molecule has 0 bridgehead atoms. The van der Waals surface area contributed by atoms with Crippen LogP contribution in [-0.4, -0.2) is 35.6 Å². The van der Waals surface area contributed by atoms with Crippen LogP contribution in [0.1, 0.15) is 46.0 Å². The first kappa shape index (κ1) is 15.0. The molecule has 0 aromatic heterocycles. The molecule has 5 heteroatoms. The molecule has 1 aliphatic heterocycles. The van der Waals surface area contributed by atoms with Crippen LogP contribution in [0.25, 0.3) is 0 Å². The highest BCUT2D eigenvalue weighted by atomic mass is 16.4. The quantitative estimate of drug-likeness (QED) is 0.704. The molecule has 0 aromatic carbocycles. The van der Waals surface area contributed by atoms with Crippen molar-refractivity contribution in [2.24, 2.45) is 5.92 Å². The van der Waals surface area contributed by atoms with Gasteiger partial charge in [0.25, 0.3) is 0 Å². The van der Waals surface area contributed by atoms with E-state index in [2.05, 4.69) is 10.6 Å². The molecule has 0 saturated carbocycles. The van der Waals surface area contributed by atoms with Gasteiger partial charge in [0.1, 0.15) is 6.04 Å². The highest BCUT2D eigenvalue weighted by molar-refractivity contribution is 5.87. The van der Waals surface area contributed by atoms with E-state index in [0.29, 0.717) is 0 Å². The third kappa shape index (κ3) is 4.64. The van der Waals surface area contributed by atoms with E-state index in [0.717, 1.165) is 32.2 Å². The number of carboxylic acid groups (broad SMARTS) is 1. The summed E-state index contributed by atoms with van der Waals surface area (Å²) in [7, 11) is 0. The van der Waals surface area contributed by atoms with Crippen molar-refractivity contribution in [3.8, 4) is 0 Å². The maximum atomic E-state index is 12.0. The Morgan fingerprint density at radius 3 is 2.50 bits per heavy atom. The van der Waals surface area contributed by atoms with Gasteiger partial charge in [-0.25, -0.2) is 4.79 Å². The van der Waals surface area contributed by atoms with E-state index in [1.165, 1.54) is 6.42 Å². The smallest absolute Gasteiger partial charge is 0.326 e. The Kier molecular flexibility index (Phi) is 6.12. The Bertz CT molecular complexity index is 284. The van der Waals surface area contributed by atoms with Crippen LogP contribution in [0.15, 0.2) is 0 Å². The Morgan fingerprint density at radius 2 is 1.89 bits per heavy atom. The first-order valence-corrected chi connectivity index (χ1v) is 6.79. The van der Waals surface area contributed by atoms with Gasteiger partial charge in [0, 0.05) is 0 Å². The van der Waals surface area contributed by atoms with E-state index in [1.807, 2.05) is 0 Å². The van der Waals surface area contributed by atoms with Crippen molar-refractivity contribution in [1.29, 1.82) is 0 Å². The largest absolute Gasteiger partial charge is 0.480 e. The first-order chi connectivity index (χ1) is 8.52. The standard InChI is InChI=1S/C13H24N2O3/c1-9(2)11(13(17)18)15-12(16)10-7-5-3-4-6-8-14-10/h9-11,14H,3-8H2,1-2H3,(H,15,16)(H,17,18). The highest BCUT2D eigenvalue weighted by Gasteiger charge is 2.27. The maximum absolute atomic E-state index is 12.0. The first-order valence-electron chi connectivity index (χ1n) is 6.79. The van der Waals surface area contributed by atoms with Gasteiger partial charge in [-0.15, -0.1) is 0 Å². The summed E-state index contributed by atoms with van der Waals surface area (Å²) in [6, 6.07) is -1.05. The molecular weight excluding hydrogens is 232 g/mol. The number of aliphatic carboxylic acids is 1. The normalized spacial score (nSPS) is 22.9. The summed E-state index contributed by atoms with van der Waals surface area (Å²) < 4.78 is 0. The molecule has 2 atom stereocenters. The third-order valence-electron chi connectivity index (χ3n) is 3.36. The molecule has 0 radical (unpaired) electrons. The molecule has 5 nitrogen and oxygen atoms in total. The average molecular weight is 256 g/mol. The zero-order valence-electron chi connectivity index (χ0n) is 11.2. The van der Waals surface area contributed by atoms with Crippen molar-refractivity contribution in [3.05, 3.63) is 0 Å². The van der Waals surface area contributed by atoms with Crippen LogP contribution in [0, 0.1) is 5.92 Å². The monoisotopic (exact) mass is 256 g/mol. The summed E-state index contributed by atoms with van der Waals surface area (Å²) in [6.07, 6.45) is 5.24. The fourth-order valence-electron chi connectivity index (χ4n) is 2.20. The molecule has 18 heavy (non-hydrogen) atoms. The zero-order chi connectivity index (χ0) is 13.5. The summed E-state index contributed by atoms with van der Waals surface area (Å²) in [5.74, 6) is -1.26. The van der Waals surface area contributed by atoms with E-state index >= 15 is 0 Å². The molecule has 1 rings (SSSR count). The molecule has 0 aromatic rings. The molecule has 3 N–H and O–H groups in total. The lowest BCUT2D eigenvalue weighted by molar-refractivity contribution is -0.143. The molecule has 1 amide bonds. The highest BCUT2D eigenvalue weighted by Crippen LogP contribution is 2.10. The summed E-state index contributed by atoms with van der Waals surface area (Å²) in [4.78, 5) is 23.1. The van der Waals surface area contributed by atoms with Crippen LogP contribution >= 0.6 is 0 Å². The van der Waals surface area contributed by atoms with Gasteiger partial charge in [0.2, 0.25) is 5.91 Å². The predicted molar refractivity (Wildman–Crippen MR) is 69.3 cm³/mol. The number of hydrogen-bond donors (Lipinski definition) is 3. The SMILES string of the molecule is CC(C)C(NC(=O)C1CCCCCCN1)C(=O)O. The average Bonchev–Trinajstić information content (AvgIpc) is 2.24. The van der Waals surface area contributed by atoms with Crippen molar-refractivity contribution in [2.45, 2.75) is 58.0 Å². The van der Waals surface area contributed by atoms with Gasteiger partial charge in [-0.1, -0.05) is 33.1 Å². The Labute approximate surface area is 108 Å². The van der Waals surface area contributed by atoms with Crippen molar-refractivity contribution in [2.75, 3.05) is 6.54 Å². The van der Waals surface area contributed by atoms with E-state index in [-0.39, 0.29) is 17.9 Å². The lowest BCUT2D eigenvalue weighted by Gasteiger charge is -2.24. The number of hydrogen-bond acceptors (Lipinski definition) is 3. The van der Waals surface area contributed by atoms with Crippen molar-refractivity contribution in [3.63, 3.8) is 0 Å². The van der Waals surface area contributed by atoms with Crippen LogP contribution in [0.5, 0.6) is 0 Å². The van der Waals surface area contributed by atoms with Crippen molar-refractivity contribution < 1.29 is 14.7 Å². The number of nitrogens with one attached hydrogen (secondary N) is 2. The molecule has 1 saturated heterocycles. The number of amides is 1. The minimum atomic E-state index is -0.968. The molecule has 2 unspecified atom stereocenters. The van der Waals surface area contributed by atoms with E-state index in [1.54, 1.807) is 13.8 Å². The van der Waals surface area contributed by atoms with Gasteiger partial charge in [-0.3, -0.25) is 4.79 Å². The topological polar surface area (TPSA) is 78.4 Å². The summed E-state index contributed by atoms with van der Waals surface area (Å²) in [5.41, 5.74) is 0. The van der Waals surface area contributed by atoms with Crippen LogP contribution < -0.4 is 10.6 Å². The Morgan fingerprint density at radius 1 is 1.22 bits per heavy atom. The lowest BCUT2D eigenvalue weighted by atomic mass is 10.0. The molecule has 1 aliphatic rings. The van der Waals surface area contributed by atoms with Crippen LogP contribution in [0.4, 0.5) is 0 Å². The van der Waals surface area contributed by atoms with Gasteiger partial charge in [0.05, 0.1) is 6.04 Å². The molecule has 1 heterocycles. The fraction of sp³-hybridized carbons (Fsp3) is 0.846. The van der Waals surface area contributed by atoms with Gasteiger partial charge in [0.15, 0.2) is 0 Å². The number of carbonyl (C=O) groups excluding carboxylic acids is 1. The fourth-order valence-corrected chi connectivity index (χ4v) is 2.20. The van der Waals surface area contributed by atoms with E-state index in [4.69, 9.17) is 5.11 Å². The van der Waals surface area contributed by atoms with E-state index in [9.17, 15) is 9.59 Å². The third-order valence-corrected chi connectivity index (χ3v) is 3.36. The minimum Gasteiger partial charge on any atom is -0.480 e. The number of carboxylic acids is 1. The second-order valence-electron chi connectivity index (χ2n) is 5.28. The predicted octanol–water partition coefficient (Wildman–Crippen LogP) is 1.13. The van der Waals surface area contributed by atoms with Crippen LogP contribution in [0.3, 0.4) is 0 Å². The van der Waals surface area contributed by atoms with E-state index < -0.39 is 12.0 Å². The van der Waals surface area contributed by atoms with Crippen molar-refractivity contribution >= 4 is 11.9 Å². The Balaban J connectivity index is 2.53. The second kappa shape index (κ2) is 7.36. The number of rotatable bonds is 4. The van der Waals surface area contributed by atoms with Crippen molar-refractivity contribution in [1.82, 2.24) is 10.6 Å². The molecule has 104 valence electrons. The number of carbonyl (C=O) groups is 2.